The summed E-state index contributed by atoms with van der Waals surface area (Å²) >= 11 is 6.42. The molecule has 286 valence electrons. The van der Waals surface area contributed by atoms with Crippen LogP contribution in [0.5, 0.6) is 5.75 Å². The quantitative estimate of drug-likeness (QED) is 0.100. The first kappa shape index (κ1) is 38.2. The number of nitrogens with one attached hydrogen (secondary N) is 4. The molecule has 18 nitrogen and oxygen atoms in total. The summed E-state index contributed by atoms with van der Waals surface area (Å²) in [7, 11) is 3.48. The van der Waals surface area contributed by atoms with Crippen molar-refractivity contribution in [3.63, 3.8) is 0 Å². The van der Waals surface area contributed by atoms with Crippen molar-refractivity contribution < 1.29 is 39.2 Å². The highest BCUT2D eigenvalue weighted by molar-refractivity contribution is 6.33. The topological polar surface area (TPSA) is 236 Å². The SMILES string of the molecule is CCC(=O)NC.Cn1nc(C2CCC(=O)NC2=O)c2ccc(NC3CCN(c4ncc(Cl)c(Nc5ccc6c(c5)OCC(=O)N6C(O)(O)O)n4)CC3)cc21. The number of halogens is 1. The number of carbonyl (C=O) groups excluding carboxylic acids is 4. The number of hydrogen-bond donors (Lipinski definition) is 7. The van der Waals surface area contributed by atoms with Gasteiger partial charge in [0.25, 0.3) is 5.91 Å². The van der Waals surface area contributed by atoms with E-state index in [1.54, 1.807) is 17.8 Å². The van der Waals surface area contributed by atoms with Crippen LogP contribution in [0.4, 0.5) is 28.8 Å². The van der Waals surface area contributed by atoms with Crippen molar-refractivity contribution in [2.45, 2.75) is 57.1 Å². The molecule has 2 aromatic carbocycles. The zero-order chi connectivity index (χ0) is 38.7. The number of nitrogens with zero attached hydrogens (tertiary/aromatic N) is 6. The Balaban J connectivity index is 0.000000767. The minimum Gasteiger partial charge on any atom is -0.481 e. The van der Waals surface area contributed by atoms with Gasteiger partial charge in [-0.25, -0.2) is 9.88 Å². The predicted molar refractivity (Wildman–Crippen MR) is 198 cm³/mol. The highest BCUT2D eigenvalue weighted by atomic mass is 35.5. The van der Waals surface area contributed by atoms with Gasteiger partial charge in [0.2, 0.25) is 23.7 Å². The van der Waals surface area contributed by atoms with Crippen molar-refractivity contribution in [2.24, 2.45) is 7.05 Å². The molecule has 3 aliphatic heterocycles. The van der Waals surface area contributed by atoms with Crippen LogP contribution in [0.2, 0.25) is 5.02 Å². The second-order valence-corrected chi connectivity index (χ2v) is 13.4. The molecule has 0 spiro atoms. The largest absolute Gasteiger partial charge is 0.481 e. The molecule has 54 heavy (non-hydrogen) atoms. The molecule has 19 heteroatoms. The molecular weight excluding hydrogens is 724 g/mol. The van der Waals surface area contributed by atoms with Gasteiger partial charge in [-0.1, -0.05) is 18.5 Å². The number of ether oxygens (including phenoxy) is 1. The fraction of sp³-hybridized carbons (Fsp3) is 0.400. The van der Waals surface area contributed by atoms with Crippen LogP contribution in [0.3, 0.4) is 0 Å². The third-order valence-electron chi connectivity index (χ3n) is 9.29. The molecular formula is C35H41ClN10O8. The Hall–Kier alpha value is -5.56. The van der Waals surface area contributed by atoms with Gasteiger partial charge >= 0.3 is 6.10 Å². The molecule has 2 saturated heterocycles. The van der Waals surface area contributed by atoms with Gasteiger partial charge in [-0.2, -0.15) is 10.1 Å². The molecule has 0 saturated carbocycles. The Morgan fingerprint density at radius 2 is 1.81 bits per heavy atom. The van der Waals surface area contributed by atoms with Crippen molar-refractivity contribution in [1.82, 2.24) is 30.4 Å². The van der Waals surface area contributed by atoms with E-state index in [1.807, 2.05) is 32.2 Å². The number of fused-ring (bicyclic) bond motifs is 2. The fourth-order valence-corrected chi connectivity index (χ4v) is 6.66. The number of benzene rings is 2. The van der Waals surface area contributed by atoms with Crippen molar-refractivity contribution in [3.05, 3.63) is 53.3 Å². The molecule has 0 radical (unpaired) electrons. The Morgan fingerprint density at radius 3 is 2.48 bits per heavy atom. The molecule has 4 amide bonds. The van der Waals surface area contributed by atoms with Gasteiger partial charge < -0.3 is 40.9 Å². The number of carbonyl (C=O) groups is 4. The van der Waals surface area contributed by atoms with Crippen molar-refractivity contribution >= 4 is 75.0 Å². The Labute approximate surface area is 314 Å². The second-order valence-electron chi connectivity index (χ2n) is 13.0. The summed E-state index contributed by atoms with van der Waals surface area (Å²) in [5.74, 6) is -0.777. The first-order chi connectivity index (χ1) is 25.7. The average Bonchev–Trinajstić information content (AvgIpc) is 3.47. The lowest BCUT2D eigenvalue weighted by atomic mass is 9.93. The van der Waals surface area contributed by atoms with Crippen LogP contribution in [0, 0.1) is 0 Å². The summed E-state index contributed by atoms with van der Waals surface area (Å²) in [6, 6.07) is 10.6. The van der Waals surface area contributed by atoms with E-state index >= 15 is 0 Å². The number of hydrogen-bond acceptors (Lipinski definition) is 14. The molecule has 0 aliphatic carbocycles. The number of imide groups is 1. The molecule has 7 rings (SSSR count). The lowest BCUT2D eigenvalue weighted by molar-refractivity contribution is -0.307. The number of amides is 4. The van der Waals surface area contributed by atoms with Crippen LogP contribution >= 0.6 is 11.6 Å². The van der Waals surface area contributed by atoms with E-state index < -0.39 is 24.5 Å². The fourth-order valence-electron chi connectivity index (χ4n) is 6.52. The predicted octanol–water partition coefficient (Wildman–Crippen LogP) is 1.82. The van der Waals surface area contributed by atoms with E-state index in [2.05, 4.69) is 41.2 Å². The molecule has 2 aromatic heterocycles. The van der Waals surface area contributed by atoms with Gasteiger partial charge in [-0.05, 0) is 49.6 Å². The Morgan fingerprint density at radius 1 is 1.07 bits per heavy atom. The summed E-state index contributed by atoms with van der Waals surface area (Å²) in [6.07, 6.45) is 1.08. The van der Waals surface area contributed by atoms with Crippen LogP contribution in [-0.2, 0) is 26.2 Å². The van der Waals surface area contributed by atoms with E-state index in [0.717, 1.165) is 29.4 Å². The normalized spacial score (nSPS) is 17.6. The summed E-state index contributed by atoms with van der Waals surface area (Å²) in [6.45, 7) is 2.70. The summed E-state index contributed by atoms with van der Waals surface area (Å²) in [5, 5.41) is 46.3. The van der Waals surface area contributed by atoms with Crippen LogP contribution < -0.4 is 35.8 Å². The van der Waals surface area contributed by atoms with E-state index in [9.17, 15) is 34.5 Å². The minimum absolute atomic E-state index is 0.0209. The van der Waals surface area contributed by atoms with Gasteiger partial charge in [0, 0.05) is 68.9 Å². The van der Waals surface area contributed by atoms with E-state index in [1.165, 1.54) is 18.3 Å². The lowest BCUT2D eigenvalue weighted by Gasteiger charge is -2.34. The maximum absolute atomic E-state index is 12.5. The monoisotopic (exact) mass is 764 g/mol. The van der Waals surface area contributed by atoms with Gasteiger partial charge in [0.15, 0.2) is 12.4 Å². The minimum atomic E-state index is -3.38. The van der Waals surface area contributed by atoms with E-state index in [4.69, 9.17) is 16.3 Å². The molecule has 5 heterocycles. The highest BCUT2D eigenvalue weighted by Gasteiger charge is 2.40. The van der Waals surface area contributed by atoms with Gasteiger partial charge in [-0.15, -0.1) is 0 Å². The van der Waals surface area contributed by atoms with Gasteiger partial charge in [-0.3, -0.25) is 29.2 Å². The maximum atomic E-state index is 12.5. The summed E-state index contributed by atoms with van der Waals surface area (Å²) in [4.78, 5) is 57.8. The van der Waals surface area contributed by atoms with Gasteiger partial charge in [0.05, 0.1) is 29.0 Å². The first-order valence-electron chi connectivity index (χ1n) is 17.3. The maximum Gasteiger partial charge on any atom is 0.376 e. The van der Waals surface area contributed by atoms with Crippen LogP contribution in [0.25, 0.3) is 10.9 Å². The van der Waals surface area contributed by atoms with Gasteiger partial charge in [0.1, 0.15) is 10.8 Å². The van der Waals surface area contributed by atoms with E-state index in [-0.39, 0.29) is 40.2 Å². The Kier molecular flexibility index (Phi) is 11.2. The van der Waals surface area contributed by atoms with Crippen molar-refractivity contribution in [1.29, 1.82) is 0 Å². The third kappa shape index (κ3) is 8.31. The first-order valence-corrected chi connectivity index (χ1v) is 17.7. The molecule has 2 fully saturated rings. The molecule has 7 N–H and O–H groups in total. The average molecular weight is 765 g/mol. The standard InChI is InChI=1S/C31H32ClN9O7.C4H9NO/c1-39-23-12-17(2-4-19(23)27(38-39)20-5-7-25(42)36-29(20)44)34-16-8-10-40(11-9-16)30-33-14-21(32)28(37-30)35-18-3-6-22-24(13-18)48-15-26(43)41(22)31(45,46)47;1-3-4(6)5-2/h2-4,6,12-14,16,20,34,45-47H,5,7-11,15H2,1H3,(H,33,35,37)(H,36,42,44);3H2,1-2H3,(H,5,6). The van der Waals surface area contributed by atoms with Crippen LogP contribution in [-0.4, -0.2) is 97.6 Å². The second kappa shape index (κ2) is 15.8. The number of aromatic nitrogens is 4. The number of piperidine rings is 2. The number of aliphatic hydroxyl groups is 3. The zero-order valence-electron chi connectivity index (χ0n) is 29.8. The number of anilines is 5. The summed E-state index contributed by atoms with van der Waals surface area (Å²) < 4.78 is 7.19. The molecule has 1 unspecified atom stereocenters. The van der Waals surface area contributed by atoms with Crippen molar-refractivity contribution in [2.75, 3.05) is 47.2 Å². The highest BCUT2D eigenvalue weighted by Crippen LogP contribution is 2.38. The third-order valence-corrected chi connectivity index (χ3v) is 9.57. The molecule has 3 aliphatic rings. The Bertz CT molecular complexity index is 2070. The molecule has 1 atom stereocenters. The smallest absolute Gasteiger partial charge is 0.376 e. The van der Waals surface area contributed by atoms with Crippen LogP contribution in [0.15, 0.2) is 42.6 Å². The zero-order valence-corrected chi connectivity index (χ0v) is 30.6. The molecule has 4 aromatic rings. The lowest BCUT2D eigenvalue weighted by Crippen LogP contribution is -2.55. The number of aryl methyl sites for hydroxylation is 1. The number of rotatable bonds is 8. The van der Waals surface area contributed by atoms with Crippen LogP contribution in [0.1, 0.15) is 50.6 Å². The van der Waals surface area contributed by atoms with Crippen molar-refractivity contribution in [3.8, 4) is 5.75 Å². The van der Waals surface area contributed by atoms with E-state index in [0.29, 0.717) is 60.4 Å². The summed E-state index contributed by atoms with van der Waals surface area (Å²) in [5.41, 5.74) is 2.99. The molecule has 0 bridgehead atoms.